The lowest BCUT2D eigenvalue weighted by Gasteiger charge is -2.03. The molecule has 57 valence electrons. The molecule has 1 aromatic carbocycles. The number of rotatable bonds is 1. The predicted octanol–water partition coefficient (Wildman–Crippen LogP) is 1.03. The van der Waals surface area contributed by atoms with Crippen LogP contribution in [-0.4, -0.2) is 5.91 Å². The predicted molar refractivity (Wildman–Crippen MR) is 44.0 cm³/mol. The lowest BCUT2D eigenvalue weighted by atomic mass is 10.3. The fourth-order valence-corrected chi connectivity index (χ4v) is 0.740. The lowest BCUT2D eigenvalue weighted by Crippen LogP contribution is -2.07. The van der Waals surface area contributed by atoms with Gasteiger partial charge in [0.15, 0.2) is 0 Å². The highest BCUT2D eigenvalue weighted by Crippen LogP contribution is 2.15. The van der Waals surface area contributed by atoms with Gasteiger partial charge in [-0.05, 0) is 18.2 Å². The lowest BCUT2D eigenvalue weighted by molar-refractivity contribution is -0.114. The Bertz CT molecular complexity index is 271. The first kappa shape index (κ1) is 7.60. The van der Waals surface area contributed by atoms with Gasteiger partial charge >= 0.3 is 0 Å². The van der Waals surface area contributed by atoms with E-state index in [0.29, 0.717) is 11.4 Å². The summed E-state index contributed by atoms with van der Waals surface area (Å²) in [6.07, 6.45) is 0. The van der Waals surface area contributed by atoms with Gasteiger partial charge in [0, 0.05) is 6.92 Å². The number of anilines is 2. The Morgan fingerprint density at radius 2 is 2.45 bits per heavy atom. The minimum Gasteiger partial charge on any atom is -0.397 e. The van der Waals surface area contributed by atoms with E-state index >= 15 is 0 Å². The van der Waals surface area contributed by atoms with Gasteiger partial charge < -0.3 is 11.1 Å². The first-order chi connectivity index (χ1) is 5.20. The topological polar surface area (TPSA) is 55.1 Å². The maximum absolute atomic E-state index is 10.6. The summed E-state index contributed by atoms with van der Waals surface area (Å²) in [5, 5.41) is 2.58. The molecular weight excluding hydrogens is 140 g/mol. The Hall–Kier alpha value is -1.51. The van der Waals surface area contributed by atoms with Gasteiger partial charge in [0.25, 0.3) is 0 Å². The van der Waals surface area contributed by atoms with E-state index in [-0.39, 0.29) is 5.91 Å². The van der Waals surface area contributed by atoms with E-state index in [0.717, 1.165) is 0 Å². The molecule has 0 fully saturated rings. The average molecular weight is 149 g/mol. The largest absolute Gasteiger partial charge is 0.397 e. The Balaban J connectivity index is 2.86. The number of carbonyl (C=O) groups excluding carboxylic acids is 1. The molecule has 1 radical (unpaired) electrons. The number of nitrogen functional groups attached to an aromatic ring is 1. The molecule has 3 N–H and O–H groups in total. The molecule has 1 rings (SSSR count). The molecule has 0 unspecified atom stereocenters. The van der Waals surface area contributed by atoms with Gasteiger partial charge in [-0.25, -0.2) is 0 Å². The van der Waals surface area contributed by atoms with E-state index in [4.69, 9.17) is 5.73 Å². The van der Waals surface area contributed by atoms with Gasteiger partial charge in [-0.3, -0.25) is 4.79 Å². The molecular formula is C8H9N2O. The quantitative estimate of drug-likeness (QED) is 0.586. The third kappa shape index (κ3) is 1.97. The van der Waals surface area contributed by atoms with Crippen molar-refractivity contribution in [1.29, 1.82) is 0 Å². The summed E-state index contributed by atoms with van der Waals surface area (Å²) >= 11 is 0. The summed E-state index contributed by atoms with van der Waals surface area (Å²) in [6.45, 7) is 1.44. The zero-order chi connectivity index (χ0) is 8.27. The summed E-state index contributed by atoms with van der Waals surface area (Å²) in [5.41, 5.74) is 6.70. The smallest absolute Gasteiger partial charge is 0.221 e. The summed E-state index contributed by atoms with van der Waals surface area (Å²) in [5.74, 6) is -0.128. The zero-order valence-corrected chi connectivity index (χ0v) is 6.22. The van der Waals surface area contributed by atoms with Gasteiger partial charge in [-0.2, -0.15) is 0 Å². The van der Waals surface area contributed by atoms with Gasteiger partial charge in [0.2, 0.25) is 5.91 Å². The van der Waals surface area contributed by atoms with E-state index in [1.54, 1.807) is 18.2 Å². The maximum atomic E-state index is 10.6. The summed E-state index contributed by atoms with van der Waals surface area (Å²) in [4.78, 5) is 10.6. The van der Waals surface area contributed by atoms with Gasteiger partial charge in [-0.1, -0.05) is 6.07 Å². The molecule has 3 heteroatoms. The molecule has 0 spiro atoms. The van der Waals surface area contributed by atoms with Crippen LogP contribution < -0.4 is 11.1 Å². The molecule has 1 amide bonds. The van der Waals surface area contributed by atoms with E-state index < -0.39 is 0 Å². The van der Waals surface area contributed by atoms with Crippen molar-refractivity contribution < 1.29 is 4.79 Å². The minimum absolute atomic E-state index is 0.128. The van der Waals surface area contributed by atoms with Crippen LogP contribution in [0.5, 0.6) is 0 Å². The van der Waals surface area contributed by atoms with Crippen molar-refractivity contribution in [3.8, 4) is 0 Å². The third-order valence-electron chi connectivity index (χ3n) is 1.21. The summed E-state index contributed by atoms with van der Waals surface area (Å²) < 4.78 is 0. The number of benzene rings is 1. The highest BCUT2D eigenvalue weighted by Gasteiger charge is 1.97. The molecule has 3 nitrogen and oxygen atoms in total. The SMILES string of the molecule is CC(=O)Nc1c[c]ccc1N. The van der Waals surface area contributed by atoms with Crippen molar-refractivity contribution in [2.45, 2.75) is 6.92 Å². The van der Waals surface area contributed by atoms with E-state index in [1.807, 2.05) is 0 Å². The van der Waals surface area contributed by atoms with E-state index in [1.165, 1.54) is 6.92 Å². The molecule has 0 bridgehead atoms. The summed E-state index contributed by atoms with van der Waals surface area (Å²) in [7, 11) is 0. The molecule has 1 aromatic rings. The molecule has 11 heavy (non-hydrogen) atoms. The molecule has 0 aliphatic heterocycles. The maximum Gasteiger partial charge on any atom is 0.221 e. The first-order valence-electron chi connectivity index (χ1n) is 3.23. The second kappa shape index (κ2) is 3.05. The zero-order valence-electron chi connectivity index (χ0n) is 6.22. The van der Waals surface area contributed by atoms with E-state index in [9.17, 15) is 4.79 Å². The molecule has 0 heterocycles. The van der Waals surface area contributed by atoms with Crippen LogP contribution in [-0.2, 0) is 4.79 Å². The van der Waals surface area contributed by atoms with Gasteiger partial charge in [0.1, 0.15) is 0 Å². The molecule has 0 atom stereocenters. The highest BCUT2D eigenvalue weighted by atomic mass is 16.1. The third-order valence-corrected chi connectivity index (χ3v) is 1.21. The monoisotopic (exact) mass is 149 g/mol. The summed E-state index contributed by atoms with van der Waals surface area (Å²) in [6, 6.07) is 7.83. The minimum atomic E-state index is -0.128. The number of nitrogens with one attached hydrogen (secondary N) is 1. The van der Waals surface area contributed by atoms with Crippen LogP contribution in [0.2, 0.25) is 0 Å². The van der Waals surface area contributed by atoms with Crippen LogP contribution in [0.1, 0.15) is 6.92 Å². The van der Waals surface area contributed by atoms with Crippen molar-refractivity contribution in [2.24, 2.45) is 0 Å². The molecule has 0 aliphatic rings. The second-order valence-electron chi connectivity index (χ2n) is 2.19. The van der Waals surface area contributed by atoms with Gasteiger partial charge in [0.05, 0.1) is 11.4 Å². The van der Waals surface area contributed by atoms with Crippen LogP contribution in [0.4, 0.5) is 11.4 Å². The molecule has 0 saturated heterocycles. The Labute approximate surface area is 65.2 Å². The number of amides is 1. The molecule has 0 saturated carbocycles. The van der Waals surface area contributed by atoms with Crippen molar-refractivity contribution in [1.82, 2.24) is 0 Å². The van der Waals surface area contributed by atoms with Crippen LogP contribution >= 0.6 is 0 Å². The first-order valence-corrected chi connectivity index (χ1v) is 3.23. The van der Waals surface area contributed by atoms with Crippen molar-refractivity contribution in [2.75, 3.05) is 11.1 Å². The fourth-order valence-electron chi connectivity index (χ4n) is 0.740. The number of nitrogens with two attached hydrogens (primary N) is 1. The Kier molecular flexibility index (Phi) is 2.11. The highest BCUT2D eigenvalue weighted by molar-refractivity contribution is 5.91. The molecule has 0 aliphatic carbocycles. The van der Waals surface area contributed by atoms with E-state index in [2.05, 4.69) is 11.4 Å². The number of hydrogen-bond donors (Lipinski definition) is 2. The van der Waals surface area contributed by atoms with Crippen LogP contribution in [0, 0.1) is 6.07 Å². The fraction of sp³-hybridized carbons (Fsp3) is 0.125. The van der Waals surface area contributed by atoms with Crippen molar-refractivity contribution in [3.63, 3.8) is 0 Å². The number of carbonyl (C=O) groups is 1. The van der Waals surface area contributed by atoms with Crippen LogP contribution in [0.25, 0.3) is 0 Å². The average Bonchev–Trinajstić information content (AvgIpc) is 1.93. The van der Waals surface area contributed by atoms with Crippen LogP contribution in [0.3, 0.4) is 0 Å². The Morgan fingerprint density at radius 1 is 1.73 bits per heavy atom. The number of hydrogen-bond acceptors (Lipinski definition) is 2. The molecule has 0 aromatic heterocycles. The standard InChI is InChI=1S/C8H9N2O/c1-6(11)10-8-5-3-2-4-7(8)9/h2,4-5H,9H2,1H3,(H,10,11). The van der Waals surface area contributed by atoms with Gasteiger partial charge in [-0.15, -0.1) is 0 Å². The normalized spacial score (nSPS) is 9.18. The van der Waals surface area contributed by atoms with Crippen molar-refractivity contribution in [3.05, 3.63) is 24.3 Å². The second-order valence-corrected chi connectivity index (χ2v) is 2.19. The Morgan fingerprint density at radius 3 is 3.00 bits per heavy atom. The van der Waals surface area contributed by atoms with Crippen LogP contribution in [0.15, 0.2) is 18.2 Å². The van der Waals surface area contributed by atoms with Crippen molar-refractivity contribution >= 4 is 17.3 Å².